The van der Waals surface area contributed by atoms with Gasteiger partial charge in [-0.1, -0.05) is 12.1 Å². The van der Waals surface area contributed by atoms with Crippen LogP contribution < -0.4 is 5.32 Å². The highest BCUT2D eigenvalue weighted by Crippen LogP contribution is 2.22. The van der Waals surface area contributed by atoms with Crippen molar-refractivity contribution in [3.63, 3.8) is 0 Å². The molecule has 0 saturated carbocycles. The third-order valence-electron chi connectivity index (χ3n) is 2.94. The van der Waals surface area contributed by atoms with E-state index in [-0.39, 0.29) is 12.1 Å². The molecule has 0 spiro atoms. The molecule has 1 heterocycles. The molecule has 110 valence electrons. The van der Waals surface area contributed by atoms with E-state index in [4.69, 9.17) is 5.11 Å². The van der Waals surface area contributed by atoms with E-state index < -0.39 is 16.6 Å². The molecular formula is C13H14N4O4. The lowest BCUT2D eigenvalue weighted by molar-refractivity contribution is -0.385. The zero-order chi connectivity index (χ0) is 15.4. The highest BCUT2D eigenvalue weighted by molar-refractivity contribution is 5.94. The molecule has 0 aliphatic rings. The molecule has 0 aliphatic heterocycles. The molecule has 0 bridgehead atoms. The summed E-state index contributed by atoms with van der Waals surface area (Å²) < 4.78 is 1.66. The predicted octanol–water partition coefficient (Wildman–Crippen LogP) is 1.32. The molecule has 8 heteroatoms. The van der Waals surface area contributed by atoms with Gasteiger partial charge in [0.05, 0.1) is 11.1 Å². The van der Waals surface area contributed by atoms with Gasteiger partial charge in [0.15, 0.2) is 0 Å². The van der Waals surface area contributed by atoms with Crippen LogP contribution in [0.25, 0.3) is 0 Å². The van der Waals surface area contributed by atoms with E-state index in [0.29, 0.717) is 12.1 Å². The van der Waals surface area contributed by atoms with Crippen LogP contribution in [0.5, 0.6) is 0 Å². The molecule has 0 unspecified atom stereocenters. The Balaban J connectivity index is 2.14. The number of nitro benzene ring substituents is 1. The SMILES string of the molecule is Cn1cc(CNCc2cccc([N+](=O)[O-])c2C(=O)O)cn1. The summed E-state index contributed by atoms with van der Waals surface area (Å²) in [5, 5.41) is 27.1. The van der Waals surface area contributed by atoms with Crippen LogP contribution in [-0.4, -0.2) is 25.8 Å². The van der Waals surface area contributed by atoms with Crippen molar-refractivity contribution >= 4 is 11.7 Å². The van der Waals surface area contributed by atoms with Gasteiger partial charge in [-0.2, -0.15) is 5.10 Å². The van der Waals surface area contributed by atoms with Gasteiger partial charge in [0, 0.05) is 38.0 Å². The number of nitrogens with one attached hydrogen (secondary N) is 1. The van der Waals surface area contributed by atoms with Gasteiger partial charge in [-0.05, 0) is 5.56 Å². The fraction of sp³-hybridized carbons (Fsp3) is 0.231. The molecule has 1 aromatic heterocycles. The quantitative estimate of drug-likeness (QED) is 0.613. The van der Waals surface area contributed by atoms with Crippen molar-refractivity contribution in [2.24, 2.45) is 7.05 Å². The second kappa shape index (κ2) is 6.14. The van der Waals surface area contributed by atoms with E-state index in [0.717, 1.165) is 5.56 Å². The zero-order valence-corrected chi connectivity index (χ0v) is 11.3. The number of aromatic nitrogens is 2. The molecule has 21 heavy (non-hydrogen) atoms. The smallest absolute Gasteiger partial charge is 0.343 e. The molecule has 2 N–H and O–H groups in total. The first-order chi connectivity index (χ1) is 9.99. The van der Waals surface area contributed by atoms with Gasteiger partial charge in [0.1, 0.15) is 5.56 Å². The van der Waals surface area contributed by atoms with E-state index in [2.05, 4.69) is 10.4 Å². The highest BCUT2D eigenvalue weighted by Gasteiger charge is 2.22. The molecule has 1 aromatic carbocycles. The van der Waals surface area contributed by atoms with Gasteiger partial charge in [-0.3, -0.25) is 14.8 Å². The maximum Gasteiger partial charge on any atom is 0.343 e. The lowest BCUT2D eigenvalue weighted by Crippen LogP contribution is -2.16. The minimum atomic E-state index is -1.31. The van der Waals surface area contributed by atoms with Gasteiger partial charge in [0.2, 0.25) is 0 Å². The Hall–Kier alpha value is -2.74. The van der Waals surface area contributed by atoms with E-state index in [9.17, 15) is 14.9 Å². The standard InChI is InChI=1S/C13H14N4O4/c1-16-8-9(6-15-16)5-14-7-10-3-2-4-11(17(20)21)12(10)13(18)19/h2-4,6,8,14H,5,7H2,1H3,(H,18,19). The Kier molecular flexibility index (Phi) is 4.29. The first-order valence-corrected chi connectivity index (χ1v) is 6.17. The summed E-state index contributed by atoms with van der Waals surface area (Å²) in [6.45, 7) is 0.716. The monoisotopic (exact) mass is 290 g/mol. The van der Waals surface area contributed by atoms with Gasteiger partial charge in [-0.25, -0.2) is 4.79 Å². The second-order valence-electron chi connectivity index (χ2n) is 4.50. The van der Waals surface area contributed by atoms with Crippen LogP contribution in [0.15, 0.2) is 30.6 Å². The molecule has 2 rings (SSSR count). The number of aromatic carboxylic acids is 1. The number of aryl methyl sites for hydroxylation is 1. The molecule has 0 radical (unpaired) electrons. The van der Waals surface area contributed by atoms with Crippen LogP contribution in [0.4, 0.5) is 5.69 Å². The van der Waals surface area contributed by atoms with Gasteiger partial charge in [-0.15, -0.1) is 0 Å². The lowest BCUT2D eigenvalue weighted by atomic mass is 10.1. The number of carboxylic acids is 1. The first kappa shape index (κ1) is 14.7. The predicted molar refractivity (Wildman–Crippen MR) is 73.8 cm³/mol. The van der Waals surface area contributed by atoms with Crippen molar-refractivity contribution in [2.45, 2.75) is 13.1 Å². The van der Waals surface area contributed by atoms with Crippen LogP contribution in [0, 0.1) is 10.1 Å². The Labute approximate surface area is 120 Å². The summed E-state index contributed by atoms with van der Waals surface area (Å²) in [6, 6.07) is 4.23. The summed E-state index contributed by atoms with van der Waals surface area (Å²) in [5.41, 5.74) is 0.643. The van der Waals surface area contributed by atoms with E-state index in [1.54, 1.807) is 24.0 Å². The Morgan fingerprint density at radius 2 is 2.24 bits per heavy atom. The summed E-state index contributed by atoms with van der Waals surface area (Å²) in [4.78, 5) is 21.4. The summed E-state index contributed by atoms with van der Waals surface area (Å²) in [6.07, 6.45) is 3.52. The van der Waals surface area contributed by atoms with Crippen LogP contribution in [-0.2, 0) is 20.1 Å². The number of nitro groups is 1. The number of nitrogens with zero attached hydrogens (tertiary/aromatic N) is 3. The fourth-order valence-electron chi connectivity index (χ4n) is 2.04. The summed E-state index contributed by atoms with van der Waals surface area (Å²) >= 11 is 0. The molecule has 0 aliphatic carbocycles. The average Bonchev–Trinajstić information content (AvgIpc) is 2.83. The number of carbonyl (C=O) groups is 1. The summed E-state index contributed by atoms with van der Waals surface area (Å²) in [7, 11) is 1.80. The van der Waals surface area contributed by atoms with Crippen molar-refractivity contribution in [3.05, 3.63) is 57.4 Å². The molecule has 2 aromatic rings. The minimum Gasteiger partial charge on any atom is -0.477 e. The Morgan fingerprint density at radius 3 is 2.81 bits per heavy atom. The van der Waals surface area contributed by atoms with Crippen LogP contribution >= 0.6 is 0 Å². The van der Waals surface area contributed by atoms with Crippen LogP contribution in [0.2, 0.25) is 0 Å². The van der Waals surface area contributed by atoms with Crippen LogP contribution in [0.3, 0.4) is 0 Å². The Morgan fingerprint density at radius 1 is 1.48 bits per heavy atom. The topological polar surface area (TPSA) is 110 Å². The third-order valence-corrected chi connectivity index (χ3v) is 2.94. The molecule has 0 atom stereocenters. The number of carboxylic acid groups (broad SMARTS) is 1. The minimum absolute atomic E-state index is 0.220. The molecule has 8 nitrogen and oxygen atoms in total. The number of hydrogen-bond donors (Lipinski definition) is 2. The zero-order valence-electron chi connectivity index (χ0n) is 11.3. The average molecular weight is 290 g/mol. The molecular weight excluding hydrogens is 276 g/mol. The van der Waals surface area contributed by atoms with Crippen molar-refractivity contribution < 1.29 is 14.8 Å². The second-order valence-corrected chi connectivity index (χ2v) is 4.50. The van der Waals surface area contributed by atoms with E-state index in [1.165, 1.54) is 12.1 Å². The van der Waals surface area contributed by atoms with Crippen LogP contribution in [0.1, 0.15) is 21.5 Å². The maximum atomic E-state index is 11.2. The van der Waals surface area contributed by atoms with Crippen molar-refractivity contribution in [1.29, 1.82) is 0 Å². The summed E-state index contributed by atoms with van der Waals surface area (Å²) in [5.74, 6) is -1.31. The third kappa shape index (κ3) is 3.42. The van der Waals surface area contributed by atoms with Gasteiger partial charge < -0.3 is 10.4 Å². The number of benzene rings is 1. The molecule has 0 fully saturated rings. The highest BCUT2D eigenvalue weighted by atomic mass is 16.6. The lowest BCUT2D eigenvalue weighted by Gasteiger charge is -2.07. The van der Waals surface area contributed by atoms with Crippen molar-refractivity contribution in [2.75, 3.05) is 0 Å². The van der Waals surface area contributed by atoms with Crippen molar-refractivity contribution in [3.8, 4) is 0 Å². The molecule has 0 amide bonds. The van der Waals surface area contributed by atoms with Gasteiger partial charge in [0.25, 0.3) is 5.69 Å². The Bertz CT molecular complexity index is 681. The van der Waals surface area contributed by atoms with Gasteiger partial charge >= 0.3 is 5.97 Å². The number of hydrogen-bond acceptors (Lipinski definition) is 5. The molecule has 0 saturated heterocycles. The largest absolute Gasteiger partial charge is 0.477 e. The normalized spacial score (nSPS) is 10.5. The number of rotatable bonds is 6. The van der Waals surface area contributed by atoms with E-state index >= 15 is 0 Å². The van der Waals surface area contributed by atoms with E-state index in [1.807, 2.05) is 6.20 Å². The van der Waals surface area contributed by atoms with Crippen molar-refractivity contribution in [1.82, 2.24) is 15.1 Å². The fourth-order valence-corrected chi connectivity index (χ4v) is 2.04. The maximum absolute atomic E-state index is 11.2. The first-order valence-electron chi connectivity index (χ1n) is 6.17.